The highest BCUT2D eigenvalue weighted by Gasteiger charge is 2.42. The van der Waals surface area contributed by atoms with Crippen LogP contribution in [0.3, 0.4) is 0 Å². The van der Waals surface area contributed by atoms with Gasteiger partial charge in [-0.3, -0.25) is 4.79 Å². The number of hydrogen-bond donors (Lipinski definition) is 2. The van der Waals surface area contributed by atoms with Crippen molar-refractivity contribution in [3.05, 3.63) is 59.2 Å². The predicted octanol–water partition coefficient (Wildman–Crippen LogP) is 4.86. The summed E-state index contributed by atoms with van der Waals surface area (Å²) in [4.78, 5) is 10.8. The summed E-state index contributed by atoms with van der Waals surface area (Å²) in [5.41, 5.74) is 9.45. The largest absolute Gasteiger partial charge is 0.392 e. The minimum absolute atomic E-state index is 0.194. The van der Waals surface area contributed by atoms with Gasteiger partial charge in [0.05, 0.1) is 6.10 Å². The topological polar surface area (TPSA) is 63.3 Å². The molecule has 3 nitrogen and oxygen atoms in total. The highest BCUT2D eigenvalue weighted by molar-refractivity contribution is 5.73. The van der Waals surface area contributed by atoms with Crippen LogP contribution in [0.1, 0.15) is 62.5 Å². The van der Waals surface area contributed by atoms with Gasteiger partial charge in [-0.15, -0.1) is 0 Å². The van der Waals surface area contributed by atoms with Gasteiger partial charge in [0.2, 0.25) is 5.91 Å². The molecule has 3 rings (SSSR count). The van der Waals surface area contributed by atoms with Gasteiger partial charge in [-0.05, 0) is 69.3 Å². The second-order valence-corrected chi connectivity index (χ2v) is 8.72. The Morgan fingerprint density at radius 1 is 1.25 bits per heavy atom. The number of unbranched alkanes of at least 4 members (excludes halogenated alkanes) is 2. The fraction of sp³-hybridized carbons (Fsp3) is 0.560. The molecule has 4 atom stereocenters. The van der Waals surface area contributed by atoms with E-state index in [1.807, 2.05) is 0 Å². The molecule has 28 heavy (non-hydrogen) atoms. The average molecular weight is 382 g/mol. The van der Waals surface area contributed by atoms with Crippen LogP contribution in [0.4, 0.5) is 0 Å². The quantitative estimate of drug-likeness (QED) is 0.449. The molecule has 1 aromatic rings. The number of aryl methyl sites for hydroxylation is 2. The van der Waals surface area contributed by atoms with Gasteiger partial charge in [-0.2, -0.15) is 0 Å². The SMILES string of the molecule is Cc1cccc(CCC=C[C@@H]2[C@H]3CC(CCCCCC(N)=O)=C[C@H]3C[C@H]2O)c1. The maximum absolute atomic E-state index is 10.8. The molecule has 0 aromatic heterocycles. The van der Waals surface area contributed by atoms with Crippen LogP contribution in [0.2, 0.25) is 0 Å². The van der Waals surface area contributed by atoms with Crippen molar-refractivity contribution in [2.24, 2.45) is 23.5 Å². The first-order valence-electron chi connectivity index (χ1n) is 10.9. The maximum Gasteiger partial charge on any atom is 0.217 e. The Labute approximate surface area is 169 Å². The number of allylic oxidation sites excluding steroid dienone is 3. The van der Waals surface area contributed by atoms with Crippen molar-refractivity contribution in [3.8, 4) is 0 Å². The minimum Gasteiger partial charge on any atom is -0.392 e. The number of hydrogen-bond acceptors (Lipinski definition) is 2. The summed E-state index contributed by atoms with van der Waals surface area (Å²) >= 11 is 0. The normalized spacial score (nSPS) is 26.6. The Morgan fingerprint density at radius 2 is 2.11 bits per heavy atom. The van der Waals surface area contributed by atoms with E-state index in [1.165, 1.54) is 11.1 Å². The third kappa shape index (κ3) is 5.81. The van der Waals surface area contributed by atoms with E-state index in [2.05, 4.69) is 49.4 Å². The molecule has 2 aliphatic rings. The lowest BCUT2D eigenvalue weighted by Gasteiger charge is -2.18. The van der Waals surface area contributed by atoms with Crippen molar-refractivity contribution in [3.63, 3.8) is 0 Å². The predicted molar refractivity (Wildman–Crippen MR) is 115 cm³/mol. The van der Waals surface area contributed by atoms with Gasteiger partial charge >= 0.3 is 0 Å². The summed E-state index contributed by atoms with van der Waals surface area (Å²) in [6, 6.07) is 8.71. The molecule has 0 bridgehead atoms. The molecular weight excluding hydrogens is 346 g/mol. The molecule has 1 amide bonds. The zero-order chi connectivity index (χ0) is 19.9. The first kappa shape index (κ1) is 20.9. The number of amides is 1. The Balaban J connectivity index is 1.42. The molecule has 152 valence electrons. The average Bonchev–Trinajstić information content (AvgIpc) is 3.15. The Hall–Kier alpha value is -1.87. The molecule has 1 aromatic carbocycles. The van der Waals surface area contributed by atoms with Crippen LogP contribution in [0.25, 0.3) is 0 Å². The van der Waals surface area contributed by atoms with Crippen LogP contribution in [0.5, 0.6) is 0 Å². The second-order valence-electron chi connectivity index (χ2n) is 8.72. The lowest BCUT2D eigenvalue weighted by molar-refractivity contribution is -0.118. The number of primary amides is 1. The van der Waals surface area contributed by atoms with Crippen molar-refractivity contribution >= 4 is 5.91 Å². The summed E-state index contributed by atoms with van der Waals surface area (Å²) in [5.74, 6) is 1.22. The number of carbonyl (C=O) groups excluding carboxylic acids is 1. The van der Waals surface area contributed by atoms with E-state index in [4.69, 9.17) is 5.73 Å². The lowest BCUT2D eigenvalue weighted by Crippen LogP contribution is -2.17. The van der Waals surface area contributed by atoms with Crippen LogP contribution >= 0.6 is 0 Å². The van der Waals surface area contributed by atoms with Crippen molar-refractivity contribution in [2.75, 3.05) is 0 Å². The Morgan fingerprint density at radius 3 is 2.89 bits per heavy atom. The Bertz CT molecular complexity index is 721. The van der Waals surface area contributed by atoms with E-state index in [0.717, 1.165) is 51.4 Å². The van der Waals surface area contributed by atoms with Gasteiger partial charge in [0.15, 0.2) is 0 Å². The number of aliphatic hydroxyl groups is 1. The van der Waals surface area contributed by atoms with Gasteiger partial charge in [0.25, 0.3) is 0 Å². The number of benzene rings is 1. The molecule has 0 aliphatic heterocycles. The molecule has 1 fully saturated rings. The molecule has 2 aliphatic carbocycles. The molecule has 0 radical (unpaired) electrons. The van der Waals surface area contributed by atoms with Crippen LogP contribution in [0.15, 0.2) is 48.1 Å². The second kappa shape index (κ2) is 10.1. The fourth-order valence-corrected chi connectivity index (χ4v) is 4.99. The fourth-order valence-electron chi connectivity index (χ4n) is 4.99. The van der Waals surface area contributed by atoms with Crippen molar-refractivity contribution in [1.82, 2.24) is 0 Å². The van der Waals surface area contributed by atoms with Gasteiger partial charge in [-0.25, -0.2) is 0 Å². The first-order chi connectivity index (χ1) is 13.5. The zero-order valence-corrected chi connectivity index (χ0v) is 17.1. The molecule has 0 heterocycles. The van der Waals surface area contributed by atoms with E-state index in [-0.39, 0.29) is 12.0 Å². The number of rotatable bonds is 10. The number of nitrogens with two attached hydrogens (primary N) is 1. The van der Waals surface area contributed by atoms with Crippen molar-refractivity contribution < 1.29 is 9.90 Å². The molecule has 0 saturated heterocycles. The standard InChI is InChI=1S/C25H35NO2/c1-18-8-7-11-19(14-18)9-5-6-12-22-23-16-20(15-21(23)17-24(22)27)10-3-2-4-13-25(26)28/h6-8,11-12,14-15,21-24,27H,2-5,9-10,13,16-17H2,1H3,(H2,26,28)/t21-,22+,23-,24+/m0/s1. The van der Waals surface area contributed by atoms with E-state index >= 15 is 0 Å². The molecule has 0 unspecified atom stereocenters. The Kier molecular flexibility index (Phi) is 7.50. The highest BCUT2D eigenvalue weighted by atomic mass is 16.3. The molecule has 3 N–H and O–H groups in total. The summed E-state index contributed by atoms with van der Waals surface area (Å²) in [7, 11) is 0. The van der Waals surface area contributed by atoms with E-state index in [9.17, 15) is 9.90 Å². The maximum atomic E-state index is 10.8. The van der Waals surface area contributed by atoms with Crippen LogP contribution in [0, 0.1) is 24.7 Å². The van der Waals surface area contributed by atoms with Gasteiger partial charge < -0.3 is 10.8 Å². The molecule has 0 spiro atoms. The summed E-state index contributed by atoms with van der Waals surface area (Å²) in [5, 5.41) is 10.5. The van der Waals surface area contributed by atoms with Crippen molar-refractivity contribution in [1.29, 1.82) is 0 Å². The summed E-state index contributed by atoms with van der Waals surface area (Å²) in [6.45, 7) is 2.14. The number of aliphatic hydroxyl groups excluding tert-OH is 1. The van der Waals surface area contributed by atoms with E-state index in [1.54, 1.807) is 5.57 Å². The molecular formula is C25H35NO2. The summed E-state index contributed by atoms with van der Waals surface area (Å²) < 4.78 is 0. The van der Waals surface area contributed by atoms with E-state index in [0.29, 0.717) is 24.2 Å². The molecule has 3 heteroatoms. The highest BCUT2D eigenvalue weighted by Crippen LogP contribution is 2.48. The van der Waals surface area contributed by atoms with Gasteiger partial charge in [0, 0.05) is 12.3 Å². The number of carbonyl (C=O) groups is 1. The monoisotopic (exact) mass is 381 g/mol. The first-order valence-corrected chi connectivity index (χ1v) is 10.9. The third-order valence-corrected chi connectivity index (χ3v) is 6.41. The zero-order valence-electron chi connectivity index (χ0n) is 17.1. The third-order valence-electron chi connectivity index (χ3n) is 6.41. The lowest BCUT2D eigenvalue weighted by atomic mass is 9.88. The van der Waals surface area contributed by atoms with Crippen molar-refractivity contribution in [2.45, 2.75) is 70.8 Å². The van der Waals surface area contributed by atoms with Gasteiger partial charge in [0.1, 0.15) is 0 Å². The van der Waals surface area contributed by atoms with Crippen LogP contribution in [-0.4, -0.2) is 17.1 Å². The van der Waals surface area contributed by atoms with Crippen LogP contribution in [-0.2, 0) is 11.2 Å². The smallest absolute Gasteiger partial charge is 0.217 e. The minimum atomic E-state index is -0.196. The van der Waals surface area contributed by atoms with E-state index < -0.39 is 0 Å². The van der Waals surface area contributed by atoms with Gasteiger partial charge in [-0.1, -0.05) is 60.1 Å². The summed E-state index contributed by atoms with van der Waals surface area (Å²) in [6.07, 6.45) is 15.7. The number of fused-ring (bicyclic) bond motifs is 1. The molecule has 1 saturated carbocycles. The van der Waals surface area contributed by atoms with Crippen LogP contribution < -0.4 is 5.73 Å².